The van der Waals surface area contributed by atoms with Crippen molar-refractivity contribution in [1.82, 2.24) is 4.90 Å². The topological polar surface area (TPSA) is 76.1 Å². The average molecular weight is 297 g/mol. The number of ether oxygens (including phenoxy) is 2. The molecule has 1 spiro atoms. The van der Waals surface area contributed by atoms with Crippen molar-refractivity contribution in [3.05, 3.63) is 12.2 Å². The Morgan fingerprint density at radius 3 is 2.33 bits per heavy atom. The fraction of sp³-hybridized carbons (Fsp3) is 0.733. The first kappa shape index (κ1) is 15.8. The highest BCUT2D eigenvalue weighted by atomic mass is 16.6. The second-order valence-corrected chi connectivity index (χ2v) is 6.75. The molecule has 0 aromatic carbocycles. The van der Waals surface area contributed by atoms with Crippen LogP contribution in [0.3, 0.4) is 0 Å². The molecule has 0 saturated carbocycles. The second-order valence-electron chi connectivity index (χ2n) is 6.75. The zero-order valence-corrected chi connectivity index (χ0v) is 13.0. The Labute approximate surface area is 124 Å². The lowest BCUT2D eigenvalue weighted by Crippen LogP contribution is -2.49. The Morgan fingerprint density at radius 2 is 1.86 bits per heavy atom. The summed E-state index contributed by atoms with van der Waals surface area (Å²) in [6, 6.07) is -0.806. The van der Waals surface area contributed by atoms with Gasteiger partial charge in [0.1, 0.15) is 17.9 Å². The summed E-state index contributed by atoms with van der Waals surface area (Å²) in [4.78, 5) is 25.5. The number of amides is 1. The van der Waals surface area contributed by atoms with E-state index < -0.39 is 35.3 Å². The molecular formula is C15H23NO5. The molecule has 1 fully saturated rings. The van der Waals surface area contributed by atoms with Gasteiger partial charge in [0.15, 0.2) is 0 Å². The summed E-state index contributed by atoms with van der Waals surface area (Å²) in [5.74, 6) is -0.524. The molecule has 2 unspecified atom stereocenters. The minimum Gasteiger partial charge on any atom is -0.467 e. The summed E-state index contributed by atoms with van der Waals surface area (Å²) in [5.41, 5.74) is -1.20. The van der Waals surface area contributed by atoms with E-state index in [1.807, 2.05) is 12.2 Å². The van der Waals surface area contributed by atoms with E-state index in [-0.39, 0.29) is 0 Å². The summed E-state index contributed by atoms with van der Waals surface area (Å²) in [5, 5.41) is 10.6. The first-order valence-electron chi connectivity index (χ1n) is 7.12. The number of esters is 1. The normalized spacial score (nSPS) is 27.2. The van der Waals surface area contributed by atoms with E-state index in [1.165, 1.54) is 7.11 Å². The van der Waals surface area contributed by atoms with Crippen LogP contribution in [0.15, 0.2) is 12.2 Å². The van der Waals surface area contributed by atoms with Crippen molar-refractivity contribution in [2.75, 3.05) is 7.11 Å². The Bertz CT molecular complexity index is 457. The van der Waals surface area contributed by atoms with Gasteiger partial charge in [0.05, 0.1) is 7.11 Å². The molecule has 2 aliphatic rings. The summed E-state index contributed by atoms with van der Waals surface area (Å²) in [6.07, 6.45) is 3.86. The van der Waals surface area contributed by atoms with Gasteiger partial charge >= 0.3 is 12.1 Å². The predicted molar refractivity (Wildman–Crippen MR) is 75.3 cm³/mol. The molecule has 1 aliphatic heterocycles. The van der Waals surface area contributed by atoms with Crippen molar-refractivity contribution in [2.45, 2.75) is 57.9 Å². The number of methoxy groups -OCH3 is 1. The molecule has 1 N–H and O–H groups in total. The number of rotatable bonds is 1. The van der Waals surface area contributed by atoms with E-state index in [9.17, 15) is 14.7 Å². The fourth-order valence-corrected chi connectivity index (χ4v) is 3.03. The second kappa shape index (κ2) is 5.33. The van der Waals surface area contributed by atoms with Crippen molar-refractivity contribution in [2.24, 2.45) is 5.41 Å². The molecule has 1 heterocycles. The van der Waals surface area contributed by atoms with Gasteiger partial charge in [0.25, 0.3) is 0 Å². The molecule has 1 saturated heterocycles. The van der Waals surface area contributed by atoms with Gasteiger partial charge in [-0.05, 0) is 40.0 Å². The molecule has 1 amide bonds. The van der Waals surface area contributed by atoms with E-state index >= 15 is 0 Å². The molecule has 1 aliphatic carbocycles. The third-order valence-electron chi connectivity index (χ3n) is 4.04. The zero-order chi connectivity index (χ0) is 15.8. The van der Waals surface area contributed by atoms with Crippen molar-refractivity contribution in [1.29, 1.82) is 0 Å². The van der Waals surface area contributed by atoms with Gasteiger partial charge in [0.2, 0.25) is 0 Å². The number of carbonyl (C=O) groups excluding carboxylic acids is 2. The third kappa shape index (κ3) is 2.90. The van der Waals surface area contributed by atoms with Gasteiger partial charge in [-0.15, -0.1) is 0 Å². The lowest BCUT2D eigenvalue weighted by molar-refractivity contribution is -0.148. The maximum atomic E-state index is 12.4. The third-order valence-corrected chi connectivity index (χ3v) is 4.04. The molecule has 0 aromatic heterocycles. The van der Waals surface area contributed by atoms with Gasteiger partial charge in [-0.3, -0.25) is 4.90 Å². The van der Waals surface area contributed by atoms with Crippen LogP contribution in [0.25, 0.3) is 0 Å². The SMILES string of the molecule is COC(=O)C1CC2(CC=CC2)C(O)N1C(=O)OC(C)(C)C. The molecule has 0 bridgehead atoms. The van der Waals surface area contributed by atoms with Crippen molar-refractivity contribution in [3.63, 3.8) is 0 Å². The number of carbonyl (C=O) groups is 2. The maximum Gasteiger partial charge on any atom is 0.413 e. The van der Waals surface area contributed by atoms with Gasteiger partial charge in [-0.2, -0.15) is 0 Å². The van der Waals surface area contributed by atoms with Crippen LogP contribution in [0.4, 0.5) is 4.79 Å². The standard InChI is InChI=1S/C15H23NO5/c1-14(2,3)21-13(19)16-10(11(17)20-4)9-15(12(16)18)7-5-6-8-15/h5-6,10,12,18H,7-9H2,1-4H3. The Balaban J connectivity index is 2.26. The number of likely N-dealkylation sites (tertiary alicyclic amines) is 1. The van der Waals surface area contributed by atoms with Crippen LogP contribution in [0.5, 0.6) is 0 Å². The van der Waals surface area contributed by atoms with Crippen LogP contribution >= 0.6 is 0 Å². The largest absolute Gasteiger partial charge is 0.467 e. The number of nitrogens with zero attached hydrogens (tertiary/aromatic N) is 1. The van der Waals surface area contributed by atoms with E-state index in [4.69, 9.17) is 9.47 Å². The molecule has 0 radical (unpaired) electrons. The summed E-state index contributed by atoms with van der Waals surface area (Å²) in [6.45, 7) is 5.23. The van der Waals surface area contributed by atoms with Gasteiger partial charge in [-0.1, -0.05) is 12.2 Å². The smallest absolute Gasteiger partial charge is 0.413 e. The highest BCUT2D eigenvalue weighted by Crippen LogP contribution is 2.49. The van der Waals surface area contributed by atoms with Crippen molar-refractivity contribution < 1.29 is 24.2 Å². The quantitative estimate of drug-likeness (QED) is 0.590. The van der Waals surface area contributed by atoms with Crippen LogP contribution in [0, 0.1) is 5.41 Å². The summed E-state index contributed by atoms with van der Waals surface area (Å²) in [7, 11) is 1.28. The average Bonchev–Trinajstić information content (AvgIpc) is 2.94. The lowest BCUT2D eigenvalue weighted by atomic mass is 9.81. The van der Waals surface area contributed by atoms with Crippen molar-refractivity contribution in [3.8, 4) is 0 Å². The molecule has 2 atom stereocenters. The van der Waals surface area contributed by atoms with Crippen LogP contribution in [0.2, 0.25) is 0 Å². The number of aliphatic hydroxyl groups is 1. The van der Waals surface area contributed by atoms with Crippen LogP contribution < -0.4 is 0 Å². The molecule has 21 heavy (non-hydrogen) atoms. The van der Waals surface area contributed by atoms with E-state index in [1.54, 1.807) is 20.8 Å². The molecule has 118 valence electrons. The predicted octanol–water partition coefficient (Wildman–Crippen LogP) is 1.82. The Hall–Kier alpha value is -1.56. The fourth-order valence-electron chi connectivity index (χ4n) is 3.03. The van der Waals surface area contributed by atoms with Crippen molar-refractivity contribution >= 4 is 12.1 Å². The summed E-state index contributed by atoms with van der Waals surface area (Å²) < 4.78 is 10.1. The number of hydrogen-bond donors (Lipinski definition) is 1. The highest BCUT2D eigenvalue weighted by molar-refractivity contribution is 5.82. The summed E-state index contributed by atoms with van der Waals surface area (Å²) >= 11 is 0. The first-order valence-corrected chi connectivity index (χ1v) is 7.12. The molecule has 6 heteroatoms. The first-order chi connectivity index (χ1) is 9.70. The number of hydrogen-bond acceptors (Lipinski definition) is 5. The molecule has 6 nitrogen and oxygen atoms in total. The lowest BCUT2D eigenvalue weighted by Gasteiger charge is -2.32. The van der Waals surface area contributed by atoms with E-state index in [0.717, 1.165) is 4.90 Å². The van der Waals surface area contributed by atoms with Gasteiger partial charge in [0, 0.05) is 5.41 Å². The Morgan fingerprint density at radius 1 is 1.29 bits per heavy atom. The number of allylic oxidation sites excluding steroid dienone is 2. The zero-order valence-electron chi connectivity index (χ0n) is 13.0. The van der Waals surface area contributed by atoms with E-state index in [2.05, 4.69) is 0 Å². The van der Waals surface area contributed by atoms with Gasteiger partial charge in [-0.25, -0.2) is 9.59 Å². The molecule has 2 rings (SSSR count). The minimum atomic E-state index is -1.05. The minimum absolute atomic E-state index is 0.382. The highest BCUT2D eigenvalue weighted by Gasteiger charge is 2.56. The number of aliphatic hydroxyl groups excluding tert-OH is 1. The monoisotopic (exact) mass is 297 g/mol. The molecule has 0 aromatic rings. The Kier molecular flexibility index (Phi) is 4.02. The maximum absolute atomic E-state index is 12.4. The molecular weight excluding hydrogens is 274 g/mol. The van der Waals surface area contributed by atoms with Crippen LogP contribution in [-0.2, 0) is 14.3 Å². The van der Waals surface area contributed by atoms with E-state index in [0.29, 0.717) is 19.3 Å². The van der Waals surface area contributed by atoms with Crippen LogP contribution in [-0.4, -0.2) is 47.0 Å². The van der Waals surface area contributed by atoms with Gasteiger partial charge < -0.3 is 14.6 Å². The van der Waals surface area contributed by atoms with Crippen LogP contribution in [0.1, 0.15) is 40.0 Å².